The van der Waals surface area contributed by atoms with Crippen LogP contribution in [0.2, 0.25) is 0 Å². The number of halogens is 1. The number of benzene rings is 2. The van der Waals surface area contributed by atoms with Crippen molar-refractivity contribution in [3.05, 3.63) is 89.5 Å². The minimum atomic E-state index is -0.395. The number of ether oxygens (including phenoxy) is 1. The number of hydrogen-bond acceptors (Lipinski definition) is 2. The maximum Gasteiger partial charge on any atom is 0.178 e. The third-order valence-corrected chi connectivity index (χ3v) is 5.75. The highest BCUT2D eigenvalue weighted by Crippen LogP contribution is 2.56. The number of carbonyl (C=O) groups excluding carboxylic acids is 1. The van der Waals surface area contributed by atoms with Crippen LogP contribution in [0, 0.1) is 0 Å². The fourth-order valence-corrected chi connectivity index (χ4v) is 4.70. The molecule has 0 saturated carbocycles. The zero-order chi connectivity index (χ0) is 16.7. The van der Waals surface area contributed by atoms with Gasteiger partial charge in [-0.05, 0) is 69.1 Å². The molecule has 0 N–H and O–H groups in total. The molecule has 118 valence electrons. The minimum Gasteiger partial charge on any atom is -0.497 e. The molecule has 2 aliphatic carbocycles. The number of allylic oxidation sites excluding steroid dienone is 5. The monoisotopic (exact) mass is 426 g/mol. The number of hydrogen-bond donors (Lipinski definition) is 0. The van der Waals surface area contributed by atoms with E-state index in [1.54, 1.807) is 19.3 Å². The largest absolute Gasteiger partial charge is 0.497 e. The molecule has 0 atom stereocenters. The maximum atomic E-state index is 11.7. The van der Waals surface area contributed by atoms with Crippen LogP contribution >= 0.6 is 22.6 Å². The van der Waals surface area contributed by atoms with Crippen molar-refractivity contribution in [2.24, 2.45) is 0 Å². The molecule has 2 aromatic carbocycles. The molecule has 0 saturated heterocycles. The van der Waals surface area contributed by atoms with Crippen molar-refractivity contribution in [2.75, 3.05) is 7.11 Å². The average Bonchev–Trinajstić information content (AvgIpc) is 2.86. The van der Waals surface area contributed by atoms with E-state index in [0.29, 0.717) is 0 Å². The van der Waals surface area contributed by atoms with E-state index in [2.05, 4.69) is 46.9 Å². The summed E-state index contributed by atoms with van der Waals surface area (Å²) < 4.78 is 6.60. The standard InChI is InChI=1S/C21H15IO2/c1-24-16-7-8-18-17(13-16)20(22)19(14-5-3-2-4-6-14)21(18)11-9-15(23)10-12-21/h2-13H,1H3. The van der Waals surface area contributed by atoms with Crippen LogP contribution < -0.4 is 4.74 Å². The first-order valence-corrected chi connectivity index (χ1v) is 8.80. The first kappa shape index (κ1) is 15.4. The van der Waals surface area contributed by atoms with E-state index < -0.39 is 5.41 Å². The number of rotatable bonds is 2. The summed E-state index contributed by atoms with van der Waals surface area (Å²) in [5, 5.41) is 0. The summed E-state index contributed by atoms with van der Waals surface area (Å²) in [4.78, 5) is 11.7. The molecular weight excluding hydrogens is 411 g/mol. The highest BCUT2D eigenvalue weighted by Gasteiger charge is 2.42. The first-order chi connectivity index (χ1) is 11.7. The highest BCUT2D eigenvalue weighted by atomic mass is 127. The summed E-state index contributed by atoms with van der Waals surface area (Å²) in [6.45, 7) is 0. The van der Waals surface area contributed by atoms with Crippen molar-refractivity contribution in [1.29, 1.82) is 0 Å². The first-order valence-electron chi connectivity index (χ1n) is 7.73. The number of ketones is 1. The predicted octanol–water partition coefficient (Wildman–Crippen LogP) is 4.95. The summed E-state index contributed by atoms with van der Waals surface area (Å²) in [7, 11) is 1.68. The second-order valence-electron chi connectivity index (χ2n) is 5.90. The Morgan fingerprint density at radius 1 is 1.00 bits per heavy atom. The molecule has 0 fully saturated rings. The molecule has 24 heavy (non-hydrogen) atoms. The van der Waals surface area contributed by atoms with Gasteiger partial charge in [0.1, 0.15) is 5.75 Å². The highest BCUT2D eigenvalue weighted by molar-refractivity contribution is 14.1. The van der Waals surface area contributed by atoms with Gasteiger partial charge in [-0.1, -0.05) is 48.6 Å². The number of methoxy groups -OCH3 is 1. The van der Waals surface area contributed by atoms with Crippen molar-refractivity contribution >= 4 is 37.5 Å². The van der Waals surface area contributed by atoms with E-state index in [9.17, 15) is 4.79 Å². The van der Waals surface area contributed by atoms with Crippen LogP contribution in [0.3, 0.4) is 0 Å². The molecule has 0 aromatic heterocycles. The molecule has 0 unspecified atom stereocenters. The van der Waals surface area contributed by atoms with Crippen molar-refractivity contribution in [3.63, 3.8) is 0 Å². The van der Waals surface area contributed by atoms with Gasteiger partial charge in [-0.15, -0.1) is 0 Å². The van der Waals surface area contributed by atoms with Gasteiger partial charge in [-0.3, -0.25) is 4.79 Å². The molecule has 2 aliphatic rings. The van der Waals surface area contributed by atoms with Gasteiger partial charge < -0.3 is 4.74 Å². The molecule has 0 bridgehead atoms. The van der Waals surface area contributed by atoms with E-state index in [0.717, 1.165) is 11.3 Å². The zero-order valence-electron chi connectivity index (χ0n) is 13.1. The van der Waals surface area contributed by atoms with Gasteiger partial charge in [0.05, 0.1) is 12.5 Å². The summed E-state index contributed by atoms with van der Waals surface area (Å²) >= 11 is 2.41. The zero-order valence-corrected chi connectivity index (χ0v) is 15.3. The quantitative estimate of drug-likeness (QED) is 0.636. The van der Waals surface area contributed by atoms with Crippen LogP contribution in [-0.2, 0) is 10.2 Å². The van der Waals surface area contributed by atoms with Gasteiger partial charge in [0.25, 0.3) is 0 Å². The van der Waals surface area contributed by atoms with Crippen LogP contribution in [0.5, 0.6) is 5.75 Å². The lowest BCUT2D eigenvalue weighted by Gasteiger charge is -2.29. The van der Waals surface area contributed by atoms with Crippen LogP contribution in [0.4, 0.5) is 0 Å². The molecule has 0 amide bonds. The van der Waals surface area contributed by atoms with Gasteiger partial charge in [0, 0.05) is 3.58 Å². The molecule has 0 heterocycles. The molecule has 0 aliphatic heterocycles. The lowest BCUT2D eigenvalue weighted by molar-refractivity contribution is -0.110. The summed E-state index contributed by atoms with van der Waals surface area (Å²) in [5.74, 6) is 0.872. The Bertz CT molecular complexity index is 904. The lowest BCUT2D eigenvalue weighted by Crippen LogP contribution is -2.23. The van der Waals surface area contributed by atoms with Crippen LogP contribution in [0.1, 0.15) is 16.7 Å². The molecule has 2 nitrogen and oxygen atoms in total. The van der Waals surface area contributed by atoms with Gasteiger partial charge >= 0.3 is 0 Å². The average molecular weight is 426 g/mol. The SMILES string of the molecule is COc1ccc2c(c1)C(I)=C(c1ccccc1)C21C=CC(=O)C=C1. The van der Waals surface area contributed by atoms with Crippen molar-refractivity contribution < 1.29 is 9.53 Å². The van der Waals surface area contributed by atoms with Crippen LogP contribution in [-0.4, -0.2) is 12.9 Å². The van der Waals surface area contributed by atoms with E-state index >= 15 is 0 Å². The maximum absolute atomic E-state index is 11.7. The normalized spacial score (nSPS) is 17.5. The van der Waals surface area contributed by atoms with Crippen molar-refractivity contribution in [1.82, 2.24) is 0 Å². The third kappa shape index (κ3) is 2.18. The topological polar surface area (TPSA) is 26.3 Å². The van der Waals surface area contributed by atoms with E-state index in [1.165, 1.54) is 20.3 Å². The molecule has 3 heteroatoms. The predicted molar refractivity (Wildman–Crippen MR) is 105 cm³/mol. The fraction of sp³-hybridized carbons (Fsp3) is 0.0952. The van der Waals surface area contributed by atoms with Gasteiger partial charge in [0.2, 0.25) is 0 Å². The molecule has 0 radical (unpaired) electrons. The second kappa shape index (κ2) is 5.74. The van der Waals surface area contributed by atoms with Crippen molar-refractivity contribution in [3.8, 4) is 5.75 Å². The Morgan fingerprint density at radius 3 is 2.38 bits per heavy atom. The molecular formula is C21H15IO2. The lowest BCUT2D eigenvalue weighted by atomic mass is 9.72. The Morgan fingerprint density at radius 2 is 1.71 bits per heavy atom. The summed E-state index contributed by atoms with van der Waals surface area (Å²) in [6.07, 6.45) is 7.39. The molecule has 1 spiro atoms. The minimum absolute atomic E-state index is 0.0324. The van der Waals surface area contributed by atoms with Crippen molar-refractivity contribution in [2.45, 2.75) is 5.41 Å². The molecule has 2 aromatic rings. The number of fused-ring (bicyclic) bond motifs is 2. The van der Waals surface area contributed by atoms with Gasteiger partial charge in [-0.2, -0.15) is 0 Å². The van der Waals surface area contributed by atoms with Crippen LogP contribution in [0.25, 0.3) is 9.15 Å². The Balaban J connectivity index is 2.02. The smallest absolute Gasteiger partial charge is 0.178 e. The Kier molecular flexibility index (Phi) is 3.68. The fourth-order valence-electron chi connectivity index (χ4n) is 3.50. The molecule has 4 rings (SSSR count). The third-order valence-electron chi connectivity index (χ3n) is 4.63. The summed E-state index contributed by atoms with van der Waals surface area (Å²) in [6, 6.07) is 16.5. The van der Waals surface area contributed by atoms with E-state index in [-0.39, 0.29) is 5.78 Å². The number of carbonyl (C=O) groups is 1. The Hall–Kier alpha value is -2.14. The van der Waals surface area contributed by atoms with Gasteiger partial charge in [0.15, 0.2) is 5.78 Å². The van der Waals surface area contributed by atoms with E-state index in [1.807, 2.05) is 36.4 Å². The Labute approximate surface area is 154 Å². The second-order valence-corrected chi connectivity index (χ2v) is 6.98. The van der Waals surface area contributed by atoms with Gasteiger partial charge in [-0.25, -0.2) is 0 Å². The van der Waals surface area contributed by atoms with E-state index in [4.69, 9.17) is 4.74 Å². The summed E-state index contributed by atoms with van der Waals surface area (Å²) in [5.41, 5.74) is 4.34. The van der Waals surface area contributed by atoms with Crippen LogP contribution in [0.15, 0.2) is 72.8 Å².